The summed E-state index contributed by atoms with van der Waals surface area (Å²) in [5, 5.41) is 7.25. The molecule has 0 saturated carbocycles. The molecule has 6 heteroatoms. The van der Waals surface area contributed by atoms with Gasteiger partial charge in [0.1, 0.15) is 0 Å². The number of nitrogens with one attached hydrogen (secondary N) is 2. The Morgan fingerprint density at radius 2 is 1.95 bits per heavy atom. The van der Waals surface area contributed by atoms with Gasteiger partial charge in [0.25, 0.3) is 0 Å². The monoisotopic (exact) mass is 297 g/mol. The summed E-state index contributed by atoms with van der Waals surface area (Å²) in [5.74, 6) is -0.0509. The van der Waals surface area contributed by atoms with Crippen molar-refractivity contribution in [2.75, 3.05) is 5.75 Å². The van der Waals surface area contributed by atoms with Gasteiger partial charge in [-0.15, -0.1) is 0 Å². The van der Waals surface area contributed by atoms with E-state index in [1.165, 1.54) is 0 Å². The number of benzene rings is 1. The van der Waals surface area contributed by atoms with Gasteiger partial charge in [-0.2, -0.15) is 0 Å². The van der Waals surface area contributed by atoms with E-state index in [-0.39, 0.29) is 30.0 Å². The predicted molar refractivity (Wildman–Crippen MR) is 82.4 cm³/mol. The molecule has 0 aliphatic carbocycles. The Morgan fingerprint density at radius 3 is 2.45 bits per heavy atom. The maximum absolute atomic E-state index is 12.1. The van der Waals surface area contributed by atoms with Crippen LogP contribution in [-0.2, 0) is 10.0 Å². The Balaban J connectivity index is 2.67. The molecule has 0 aromatic heterocycles. The Labute approximate surface area is 121 Å². The van der Waals surface area contributed by atoms with Crippen molar-refractivity contribution < 1.29 is 8.42 Å². The van der Waals surface area contributed by atoms with Gasteiger partial charge >= 0.3 is 0 Å². The molecule has 0 fully saturated rings. The summed E-state index contributed by atoms with van der Waals surface area (Å²) in [6.45, 7) is 3.76. The van der Waals surface area contributed by atoms with Crippen LogP contribution in [0.2, 0.25) is 0 Å². The highest BCUT2D eigenvalue weighted by Gasteiger charge is 2.20. The van der Waals surface area contributed by atoms with Crippen LogP contribution >= 0.6 is 0 Å². The fourth-order valence-corrected chi connectivity index (χ4v) is 3.75. The number of nitrogens with two attached hydrogens (primary N) is 1. The van der Waals surface area contributed by atoms with E-state index in [4.69, 9.17) is 11.1 Å². The van der Waals surface area contributed by atoms with Gasteiger partial charge in [0.15, 0.2) is 0 Å². The molecule has 2 atom stereocenters. The molecule has 0 amide bonds. The van der Waals surface area contributed by atoms with Crippen molar-refractivity contribution in [2.24, 2.45) is 5.73 Å². The average Bonchev–Trinajstić information content (AvgIpc) is 2.37. The van der Waals surface area contributed by atoms with Crippen molar-refractivity contribution in [3.05, 3.63) is 35.9 Å². The molecule has 0 bridgehead atoms. The van der Waals surface area contributed by atoms with E-state index in [9.17, 15) is 8.42 Å². The first-order chi connectivity index (χ1) is 9.34. The quantitative estimate of drug-likeness (QED) is 0.504. The molecule has 5 nitrogen and oxygen atoms in total. The van der Waals surface area contributed by atoms with E-state index in [1.807, 2.05) is 44.2 Å². The third-order valence-electron chi connectivity index (χ3n) is 3.14. The Morgan fingerprint density at radius 1 is 1.35 bits per heavy atom. The summed E-state index contributed by atoms with van der Waals surface area (Å²) in [6, 6.07) is 9.25. The number of amidine groups is 1. The Kier molecular flexibility index (Phi) is 6.16. The lowest BCUT2D eigenvalue weighted by atomic mass is 10.0. The maximum Gasteiger partial charge on any atom is 0.212 e. The minimum Gasteiger partial charge on any atom is -0.388 e. The molecule has 20 heavy (non-hydrogen) atoms. The van der Waals surface area contributed by atoms with Crippen LogP contribution in [0.1, 0.15) is 38.2 Å². The minimum atomic E-state index is -3.39. The summed E-state index contributed by atoms with van der Waals surface area (Å²) >= 11 is 0. The van der Waals surface area contributed by atoms with Crippen LogP contribution in [0.15, 0.2) is 30.3 Å². The van der Waals surface area contributed by atoms with E-state index >= 15 is 0 Å². The van der Waals surface area contributed by atoms with Gasteiger partial charge in [0.05, 0.1) is 11.6 Å². The van der Waals surface area contributed by atoms with Gasteiger partial charge in [-0.05, 0) is 17.9 Å². The summed E-state index contributed by atoms with van der Waals surface area (Å²) in [4.78, 5) is 0. The van der Waals surface area contributed by atoms with Crippen molar-refractivity contribution in [1.29, 1.82) is 5.41 Å². The topological polar surface area (TPSA) is 96.0 Å². The van der Waals surface area contributed by atoms with Crippen LogP contribution in [-0.4, -0.2) is 26.0 Å². The van der Waals surface area contributed by atoms with Crippen molar-refractivity contribution >= 4 is 15.9 Å². The normalized spacial score (nSPS) is 14.7. The van der Waals surface area contributed by atoms with E-state index in [0.29, 0.717) is 6.42 Å². The minimum absolute atomic E-state index is 0.00402. The largest absolute Gasteiger partial charge is 0.388 e. The van der Waals surface area contributed by atoms with Crippen molar-refractivity contribution in [3.63, 3.8) is 0 Å². The van der Waals surface area contributed by atoms with Crippen LogP contribution in [0.3, 0.4) is 0 Å². The molecule has 1 aromatic carbocycles. The smallest absolute Gasteiger partial charge is 0.212 e. The van der Waals surface area contributed by atoms with Gasteiger partial charge in [0, 0.05) is 12.5 Å². The number of rotatable bonds is 8. The van der Waals surface area contributed by atoms with Crippen molar-refractivity contribution in [2.45, 2.75) is 38.6 Å². The average molecular weight is 297 g/mol. The van der Waals surface area contributed by atoms with E-state index in [1.54, 1.807) is 0 Å². The molecule has 1 aromatic rings. The van der Waals surface area contributed by atoms with Crippen LogP contribution < -0.4 is 10.5 Å². The van der Waals surface area contributed by atoms with Gasteiger partial charge in [0.2, 0.25) is 10.0 Å². The summed E-state index contributed by atoms with van der Waals surface area (Å²) < 4.78 is 26.9. The summed E-state index contributed by atoms with van der Waals surface area (Å²) in [7, 11) is -3.39. The Hall–Kier alpha value is -1.40. The maximum atomic E-state index is 12.1. The molecule has 0 spiro atoms. The molecule has 112 valence electrons. The summed E-state index contributed by atoms with van der Waals surface area (Å²) in [6.07, 6.45) is 0.855. The molecule has 1 rings (SSSR count). The van der Waals surface area contributed by atoms with Crippen LogP contribution in [0.5, 0.6) is 0 Å². The lowest BCUT2D eigenvalue weighted by molar-refractivity contribution is 0.541. The third-order valence-corrected chi connectivity index (χ3v) is 4.77. The highest BCUT2D eigenvalue weighted by Crippen LogP contribution is 2.16. The molecular formula is C14H23N3O2S. The molecule has 0 heterocycles. The van der Waals surface area contributed by atoms with Crippen LogP contribution in [0, 0.1) is 5.41 Å². The van der Waals surface area contributed by atoms with E-state index < -0.39 is 10.0 Å². The lowest BCUT2D eigenvalue weighted by Gasteiger charge is -2.18. The fourth-order valence-electron chi connectivity index (χ4n) is 2.04. The van der Waals surface area contributed by atoms with E-state index in [0.717, 1.165) is 5.56 Å². The first-order valence-corrected chi connectivity index (χ1v) is 8.37. The highest BCUT2D eigenvalue weighted by atomic mass is 32.2. The van der Waals surface area contributed by atoms with Gasteiger partial charge in [-0.25, -0.2) is 13.1 Å². The fraction of sp³-hybridized carbons (Fsp3) is 0.500. The van der Waals surface area contributed by atoms with Crippen molar-refractivity contribution in [1.82, 2.24) is 4.72 Å². The molecule has 0 aliphatic heterocycles. The van der Waals surface area contributed by atoms with Gasteiger partial charge in [-0.1, -0.05) is 44.2 Å². The lowest BCUT2D eigenvalue weighted by Crippen LogP contribution is -2.39. The zero-order chi connectivity index (χ0) is 15.2. The van der Waals surface area contributed by atoms with Crippen molar-refractivity contribution in [3.8, 4) is 0 Å². The summed E-state index contributed by atoms with van der Waals surface area (Å²) in [5.41, 5.74) is 6.33. The SMILES string of the molecule is CCC(CC(=N)N)NS(=O)(=O)CC(C)c1ccccc1. The van der Waals surface area contributed by atoms with Crippen LogP contribution in [0.25, 0.3) is 0 Å². The highest BCUT2D eigenvalue weighted by molar-refractivity contribution is 7.89. The van der Waals surface area contributed by atoms with Gasteiger partial charge < -0.3 is 5.73 Å². The number of sulfonamides is 1. The molecule has 2 unspecified atom stereocenters. The van der Waals surface area contributed by atoms with Gasteiger partial charge in [-0.3, -0.25) is 5.41 Å². The number of hydrogen-bond donors (Lipinski definition) is 3. The molecule has 4 N–H and O–H groups in total. The second-order valence-corrected chi connectivity index (χ2v) is 6.84. The first kappa shape index (κ1) is 16.7. The number of hydrogen-bond acceptors (Lipinski definition) is 3. The molecule has 0 aliphatic rings. The standard InChI is InChI=1S/C14H23N3O2S/c1-3-13(9-14(15)16)17-20(18,19)10-11(2)12-7-5-4-6-8-12/h4-8,11,13,17H,3,9-10H2,1-2H3,(H3,15,16). The van der Waals surface area contributed by atoms with Crippen LogP contribution in [0.4, 0.5) is 0 Å². The molecular weight excluding hydrogens is 274 g/mol. The third kappa shape index (κ3) is 5.71. The first-order valence-electron chi connectivity index (χ1n) is 6.72. The van der Waals surface area contributed by atoms with E-state index in [2.05, 4.69) is 4.72 Å². The molecule has 0 radical (unpaired) electrons. The Bertz CT molecular complexity index is 529. The zero-order valence-electron chi connectivity index (χ0n) is 12.0. The second-order valence-electron chi connectivity index (χ2n) is 5.05. The zero-order valence-corrected chi connectivity index (χ0v) is 12.8. The predicted octanol–water partition coefficient (Wildman–Crippen LogP) is 1.81. The molecule has 0 saturated heterocycles. The second kappa shape index (κ2) is 7.40.